The number of hydrazine groups is 5. The van der Waals surface area contributed by atoms with Crippen molar-refractivity contribution in [3.63, 3.8) is 0 Å². The van der Waals surface area contributed by atoms with E-state index < -0.39 is 172 Å². The van der Waals surface area contributed by atoms with Crippen LogP contribution in [0.25, 0.3) is 0 Å². The van der Waals surface area contributed by atoms with Crippen molar-refractivity contribution in [3.8, 4) is 23.0 Å². The fourth-order valence-electron chi connectivity index (χ4n) is 7.87. The standard InChI is InChI=1S/C22H19N7O14S2.C22H19N7O13S2/c1-42-17-8-15(28(32)33)19(44(36,37)38)10-13(17)25-24-21(22(30)23-12-6-4-3-5-7-12)27(31)26(25)14-11-20(45(39,40)41)16(29(34)35)9-18(14)43-2;1-41-17-8-15(28(31)32)19(43(35,36)37)10-13(17)26-24-21(22(30)23-12-6-4-3-5-7-12)25-27(26)14-11-20(44(38,39)40)16(29(33)34)9-18(14)42-2/h3-11,24H,1-2H3,(H,23,30)(H,36,37,38)(H,39,40,41);3-11H,1-2H3,(H,23,30)(H,24,25)(H,35,36,37)(H,38,39,40). The number of nitrogens with zero attached hydrogens (tertiary/aromatic N) is 10. The van der Waals surface area contributed by atoms with Crippen LogP contribution in [0.4, 0.5) is 56.9 Å². The van der Waals surface area contributed by atoms with Crippen molar-refractivity contribution in [1.82, 2.24) is 10.9 Å². The molecule has 2 heterocycles. The minimum Gasteiger partial charge on any atom is -0.690 e. The molecule has 6 aromatic rings. The van der Waals surface area contributed by atoms with Gasteiger partial charge in [-0.15, -0.1) is 20.5 Å². The Hall–Kier alpha value is -11.4. The van der Waals surface area contributed by atoms with E-state index >= 15 is 0 Å². The molecule has 2 amide bonds. The minimum absolute atomic E-state index is 0.193. The molecule has 8 N–H and O–H groups in total. The van der Waals surface area contributed by atoms with Crippen LogP contribution >= 0.6 is 0 Å². The molecule has 0 radical (unpaired) electrons. The fraction of sp³-hybridized carbons (Fsp3) is 0.0909. The monoisotopic (exact) mass is 1320 g/mol. The first-order valence-corrected chi connectivity index (χ1v) is 29.1. The van der Waals surface area contributed by atoms with Gasteiger partial charge in [-0.05, 0) is 48.5 Å². The zero-order valence-corrected chi connectivity index (χ0v) is 47.9. The third kappa shape index (κ3) is 13.7. The lowest BCUT2D eigenvalue weighted by molar-refractivity contribution is -0.464. The molecular weight excluding hydrogens is 1280 g/mol. The lowest BCUT2D eigenvalue weighted by atomic mass is 10.2. The number of hydrazone groups is 2. The molecule has 0 bridgehead atoms. The van der Waals surface area contributed by atoms with Crippen LogP contribution in [0, 0.1) is 45.7 Å². The Bertz CT molecular complexity index is 4490. The average Bonchev–Trinajstić information content (AvgIpc) is 1.70. The summed E-state index contributed by atoms with van der Waals surface area (Å²) in [5.74, 6) is -5.54. The Kier molecular flexibility index (Phi) is 18.3. The molecule has 470 valence electrons. The molecule has 89 heavy (non-hydrogen) atoms. The third-order valence-corrected chi connectivity index (χ3v) is 15.2. The van der Waals surface area contributed by atoms with E-state index in [0.29, 0.717) is 69.6 Å². The number of rotatable bonds is 20. The van der Waals surface area contributed by atoms with Crippen LogP contribution in [0.15, 0.2) is 134 Å². The first-order chi connectivity index (χ1) is 41.5. The maximum atomic E-state index is 13.7. The number of ether oxygens (including phenoxy) is 4. The number of para-hydroxylation sites is 2. The summed E-state index contributed by atoms with van der Waals surface area (Å²) in [6.07, 6.45) is 0. The zero-order valence-electron chi connectivity index (χ0n) is 44.7. The quantitative estimate of drug-likeness (QED) is 0.0179. The lowest BCUT2D eigenvalue weighted by Crippen LogP contribution is -2.48. The lowest BCUT2D eigenvalue weighted by Gasteiger charge is -2.30. The van der Waals surface area contributed by atoms with Crippen LogP contribution < -0.4 is 60.9 Å². The Morgan fingerprint density at radius 1 is 0.483 bits per heavy atom. The Morgan fingerprint density at radius 3 is 1.15 bits per heavy atom. The van der Waals surface area contributed by atoms with Gasteiger partial charge in [0.2, 0.25) is 5.84 Å². The minimum atomic E-state index is -5.36. The molecule has 0 fully saturated rings. The molecule has 0 aliphatic carbocycles. The highest BCUT2D eigenvalue weighted by Gasteiger charge is 2.46. The van der Waals surface area contributed by atoms with Gasteiger partial charge in [-0.2, -0.15) is 38.8 Å². The maximum Gasteiger partial charge on any atom is 0.390 e. The number of benzene rings is 6. The third-order valence-electron chi connectivity index (χ3n) is 11.7. The Balaban J connectivity index is 0.000000254. The summed E-state index contributed by atoms with van der Waals surface area (Å²) in [5, 5.41) is 71.3. The maximum absolute atomic E-state index is 13.7. The number of amides is 2. The van der Waals surface area contributed by atoms with Gasteiger partial charge in [0, 0.05) is 11.4 Å². The summed E-state index contributed by atoms with van der Waals surface area (Å²) in [6.45, 7) is 0. The highest BCUT2D eigenvalue weighted by molar-refractivity contribution is 7.86. The predicted octanol–water partition coefficient (Wildman–Crippen LogP) is 2.93. The normalized spacial score (nSPS) is 13.2. The molecule has 8 rings (SSSR count). The Labute approximate surface area is 496 Å². The Morgan fingerprint density at radius 2 is 0.798 bits per heavy atom. The number of carbonyl (C=O) groups is 2. The van der Waals surface area contributed by atoms with Crippen molar-refractivity contribution in [3.05, 3.63) is 155 Å². The van der Waals surface area contributed by atoms with Crippen LogP contribution in [-0.2, 0) is 50.1 Å². The topological polar surface area (TPSA) is 561 Å². The number of nitrogens with one attached hydrogen (secondary N) is 4. The molecule has 45 heteroatoms. The van der Waals surface area contributed by atoms with Crippen LogP contribution in [0.3, 0.4) is 0 Å². The molecule has 41 nitrogen and oxygen atoms in total. The molecule has 2 aliphatic heterocycles. The molecule has 6 aromatic carbocycles. The van der Waals surface area contributed by atoms with Gasteiger partial charge in [0.1, 0.15) is 17.1 Å². The van der Waals surface area contributed by atoms with Gasteiger partial charge in [-0.1, -0.05) is 46.6 Å². The molecule has 0 saturated carbocycles. The molecule has 0 aromatic heterocycles. The number of hydrogen-bond donors (Lipinski definition) is 8. The fourth-order valence-corrected chi connectivity index (χ4v) is 10.5. The highest BCUT2D eigenvalue weighted by atomic mass is 32.2. The largest absolute Gasteiger partial charge is 0.690 e. The van der Waals surface area contributed by atoms with Crippen molar-refractivity contribution in [2.24, 2.45) is 5.10 Å². The zero-order chi connectivity index (χ0) is 66.0. The number of nitro groups is 4. The van der Waals surface area contributed by atoms with Gasteiger partial charge in [0.25, 0.3) is 28.7 Å². The number of amidine groups is 2. The second-order valence-corrected chi connectivity index (χ2v) is 22.6. The van der Waals surface area contributed by atoms with Crippen LogP contribution in [0.2, 0.25) is 0 Å². The van der Waals surface area contributed by atoms with Gasteiger partial charge in [0.05, 0.1) is 72.4 Å². The number of methoxy groups -OCH3 is 4. The van der Waals surface area contributed by atoms with E-state index in [-0.39, 0.29) is 10.5 Å². The van der Waals surface area contributed by atoms with Crippen molar-refractivity contribution in [2.45, 2.75) is 19.6 Å². The van der Waals surface area contributed by atoms with Gasteiger partial charge in [-0.3, -0.25) is 73.7 Å². The van der Waals surface area contributed by atoms with Crippen LogP contribution in [0.1, 0.15) is 0 Å². The van der Waals surface area contributed by atoms with Gasteiger partial charge in [-0.25, -0.2) is 0 Å². The number of carbonyl (C=O) groups excluding carboxylic acids is 2. The van der Waals surface area contributed by atoms with E-state index in [1.54, 1.807) is 36.4 Å². The van der Waals surface area contributed by atoms with E-state index in [0.717, 1.165) is 33.6 Å². The molecule has 0 unspecified atom stereocenters. The van der Waals surface area contributed by atoms with Crippen molar-refractivity contribution < 1.29 is 105 Å². The van der Waals surface area contributed by atoms with E-state index in [9.17, 15) is 107 Å². The number of nitro benzene ring substituents is 4. The van der Waals surface area contributed by atoms with Crippen LogP contribution in [-0.4, -0.2) is 128 Å². The van der Waals surface area contributed by atoms with E-state index in [2.05, 4.69) is 26.6 Å². The molecule has 0 atom stereocenters. The van der Waals surface area contributed by atoms with E-state index in [1.165, 1.54) is 24.3 Å². The summed E-state index contributed by atoms with van der Waals surface area (Å²) in [7, 11) is -17.2. The van der Waals surface area contributed by atoms with Gasteiger partial charge < -0.3 is 34.8 Å². The number of anilines is 6. The molecule has 0 saturated heterocycles. The number of hydrogen-bond acceptors (Lipinski definition) is 30. The molecule has 2 aliphatic rings. The predicted molar refractivity (Wildman–Crippen MR) is 300 cm³/mol. The van der Waals surface area contributed by atoms with Crippen molar-refractivity contribution in [1.29, 1.82) is 0 Å². The summed E-state index contributed by atoms with van der Waals surface area (Å²) in [6, 6.07) is 20.0. The summed E-state index contributed by atoms with van der Waals surface area (Å²) >= 11 is 0. The first-order valence-electron chi connectivity index (χ1n) is 23.3. The second kappa shape index (κ2) is 24.9. The summed E-state index contributed by atoms with van der Waals surface area (Å²) < 4.78 is 156. The van der Waals surface area contributed by atoms with Gasteiger partial charge >= 0.3 is 52.2 Å². The highest BCUT2D eigenvalue weighted by Crippen LogP contribution is 2.46. The molecular formula is C44H38N14O27S4. The summed E-state index contributed by atoms with van der Waals surface area (Å²) in [4.78, 5) is 62.9. The van der Waals surface area contributed by atoms with Gasteiger partial charge in [0.15, 0.2) is 48.3 Å². The van der Waals surface area contributed by atoms with Crippen molar-refractivity contribution in [2.75, 3.05) is 59.5 Å². The second-order valence-electron chi connectivity index (χ2n) is 17.0. The first kappa shape index (κ1) is 65.2. The molecule has 0 spiro atoms. The van der Waals surface area contributed by atoms with Crippen LogP contribution in [0.5, 0.6) is 23.0 Å². The SMILES string of the molecule is COc1cc([N+](=O)[O-])c(S(=O)(=O)O)cc1N1N=C(C(=O)Nc2ccccc2)NN1c1cc(S(=O)(=O)O)c([N+](=O)[O-])cc1OC.COc1cc([N+](=O)[O-])c(S(=O)(=O)O)cc1N1NC(C(=O)Nc2ccccc2)=[N+]([O-])N1c1cc(S(=O)(=O)O)c([N+](=O)[O-])cc1OC. The van der Waals surface area contributed by atoms with E-state index in [4.69, 9.17) is 18.9 Å². The summed E-state index contributed by atoms with van der Waals surface area (Å²) in [5.41, 5.74) is -1.50. The van der Waals surface area contributed by atoms with E-state index in [1.807, 2.05) is 0 Å². The smallest absolute Gasteiger partial charge is 0.390 e. The van der Waals surface area contributed by atoms with Crippen molar-refractivity contribution >= 4 is 121 Å². The average molecular weight is 1320 g/mol.